The van der Waals surface area contributed by atoms with Gasteiger partial charge in [-0.1, -0.05) is 11.6 Å². The summed E-state index contributed by atoms with van der Waals surface area (Å²) in [4.78, 5) is 12.6. The molecule has 0 aromatic heterocycles. The van der Waals surface area contributed by atoms with Crippen LogP contribution in [0, 0.1) is 0 Å². The maximum atomic E-state index is 12.6. The molecule has 26 heavy (non-hydrogen) atoms. The van der Waals surface area contributed by atoms with E-state index in [9.17, 15) is 9.90 Å². The van der Waals surface area contributed by atoms with Crippen molar-refractivity contribution in [3.63, 3.8) is 0 Å². The molecule has 1 aliphatic rings. The smallest absolute Gasteiger partial charge is 0.338 e. The first-order valence-electron chi connectivity index (χ1n) is 7.98. The highest BCUT2D eigenvalue weighted by Gasteiger charge is 2.32. The van der Waals surface area contributed by atoms with Gasteiger partial charge in [-0.05, 0) is 43.8 Å². The molecule has 0 fully saturated rings. The van der Waals surface area contributed by atoms with E-state index in [1.165, 1.54) is 7.11 Å². The molecule has 1 atom stereocenters. The number of thiocarbonyl (C=S) groups is 1. The largest absolute Gasteiger partial charge is 0.503 e. The molecule has 1 aromatic carbocycles. The second-order valence-electron chi connectivity index (χ2n) is 5.48. The maximum absolute atomic E-state index is 12.6. The van der Waals surface area contributed by atoms with Gasteiger partial charge in [0.15, 0.2) is 16.6 Å². The average Bonchev–Trinajstić information content (AvgIpc) is 2.58. The Morgan fingerprint density at radius 3 is 2.77 bits per heavy atom. The van der Waals surface area contributed by atoms with E-state index in [1.807, 2.05) is 0 Å². The Balaban J connectivity index is 2.42. The summed E-state index contributed by atoms with van der Waals surface area (Å²) in [5.74, 6) is -0.432. The van der Waals surface area contributed by atoms with Crippen molar-refractivity contribution in [1.82, 2.24) is 10.6 Å². The molecule has 3 N–H and O–H groups in total. The Bertz CT molecular complexity index is 738. The van der Waals surface area contributed by atoms with E-state index in [2.05, 4.69) is 10.6 Å². The Labute approximate surface area is 162 Å². The summed E-state index contributed by atoms with van der Waals surface area (Å²) < 4.78 is 15.6. The van der Waals surface area contributed by atoms with Crippen LogP contribution in [-0.4, -0.2) is 43.1 Å². The number of phenolic OH excluding ortho intramolecular Hbond substituents is 1. The van der Waals surface area contributed by atoms with Crippen LogP contribution in [0.15, 0.2) is 23.4 Å². The van der Waals surface area contributed by atoms with E-state index in [0.29, 0.717) is 35.2 Å². The van der Waals surface area contributed by atoms with E-state index in [1.54, 1.807) is 26.0 Å². The lowest BCUT2D eigenvalue weighted by Gasteiger charge is -2.30. The van der Waals surface area contributed by atoms with Gasteiger partial charge in [0.1, 0.15) is 6.61 Å². The highest BCUT2D eigenvalue weighted by molar-refractivity contribution is 7.80. The van der Waals surface area contributed by atoms with Crippen molar-refractivity contribution >= 4 is 34.9 Å². The Morgan fingerprint density at radius 1 is 1.38 bits per heavy atom. The van der Waals surface area contributed by atoms with Gasteiger partial charge < -0.3 is 30.0 Å². The van der Waals surface area contributed by atoms with Crippen LogP contribution < -0.4 is 15.4 Å². The van der Waals surface area contributed by atoms with Crippen LogP contribution in [-0.2, 0) is 14.3 Å². The lowest BCUT2D eigenvalue weighted by Crippen LogP contribution is -2.45. The summed E-state index contributed by atoms with van der Waals surface area (Å²) in [6.07, 6.45) is 0. The minimum atomic E-state index is -0.601. The summed E-state index contributed by atoms with van der Waals surface area (Å²) in [6.45, 7) is 4.30. The van der Waals surface area contributed by atoms with Crippen LogP contribution in [0.2, 0.25) is 5.02 Å². The molecule has 1 heterocycles. The zero-order chi connectivity index (χ0) is 19.3. The van der Waals surface area contributed by atoms with Gasteiger partial charge in [0.2, 0.25) is 0 Å². The number of benzene rings is 1. The summed E-state index contributed by atoms with van der Waals surface area (Å²) in [7, 11) is 1.52. The lowest BCUT2D eigenvalue weighted by atomic mass is 9.95. The molecular formula is C17H21ClN2O5S. The van der Waals surface area contributed by atoms with Crippen molar-refractivity contribution in [2.24, 2.45) is 0 Å². The molecule has 0 saturated carbocycles. The Morgan fingerprint density at radius 2 is 2.12 bits per heavy atom. The van der Waals surface area contributed by atoms with Crippen LogP contribution in [0.4, 0.5) is 0 Å². The number of hydrogen-bond donors (Lipinski definition) is 3. The van der Waals surface area contributed by atoms with Gasteiger partial charge >= 0.3 is 5.97 Å². The van der Waals surface area contributed by atoms with Crippen molar-refractivity contribution in [3.8, 4) is 11.5 Å². The number of halogens is 1. The van der Waals surface area contributed by atoms with Gasteiger partial charge in [0.25, 0.3) is 0 Å². The molecule has 7 nitrogen and oxygen atoms in total. The second kappa shape index (κ2) is 9.07. The molecule has 0 unspecified atom stereocenters. The quantitative estimate of drug-likeness (QED) is 0.365. The first-order valence-corrected chi connectivity index (χ1v) is 8.77. The fraction of sp³-hybridized carbons (Fsp3) is 0.412. The zero-order valence-corrected chi connectivity index (χ0v) is 16.3. The van der Waals surface area contributed by atoms with Gasteiger partial charge in [-0.25, -0.2) is 4.79 Å². The number of ether oxygens (including phenoxy) is 3. The zero-order valence-electron chi connectivity index (χ0n) is 14.7. The number of methoxy groups -OCH3 is 1. The van der Waals surface area contributed by atoms with Crippen molar-refractivity contribution in [2.45, 2.75) is 19.9 Å². The molecule has 1 aliphatic heterocycles. The number of phenols is 1. The third-order valence-electron chi connectivity index (χ3n) is 3.69. The van der Waals surface area contributed by atoms with Gasteiger partial charge in [0.05, 0.1) is 29.9 Å². The first kappa shape index (κ1) is 20.3. The molecule has 0 aliphatic carbocycles. The standard InChI is InChI=1S/C17H21ClN2O5S/c1-4-24-12-8-10(7-11(18)15(12)21)14-13(9(2)19-17(26)20-14)16(22)25-6-5-23-3/h7-8,14,21H,4-6H2,1-3H3,(H2,19,20,26)/t14-/m0/s1. The van der Waals surface area contributed by atoms with E-state index in [-0.39, 0.29) is 23.1 Å². The number of carbonyl (C=O) groups excluding carboxylic acids is 1. The Kier molecular flexibility index (Phi) is 7.07. The molecule has 0 saturated heterocycles. The number of allylic oxidation sites excluding steroid dienone is 1. The minimum Gasteiger partial charge on any atom is -0.503 e. The molecule has 1 aromatic rings. The average molecular weight is 401 g/mol. The molecule has 9 heteroatoms. The lowest BCUT2D eigenvalue weighted by molar-refractivity contribution is -0.140. The van der Waals surface area contributed by atoms with E-state index < -0.39 is 12.0 Å². The molecular weight excluding hydrogens is 380 g/mol. The minimum absolute atomic E-state index is 0.113. The first-order chi connectivity index (χ1) is 12.4. The van der Waals surface area contributed by atoms with E-state index in [0.717, 1.165) is 0 Å². The number of carbonyl (C=O) groups is 1. The number of aromatic hydroxyl groups is 1. The maximum Gasteiger partial charge on any atom is 0.338 e. The number of hydrogen-bond acceptors (Lipinski definition) is 6. The number of esters is 1. The van der Waals surface area contributed by atoms with Gasteiger partial charge in [0, 0.05) is 12.8 Å². The van der Waals surface area contributed by atoms with Crippen LogP contribution in [0.1, 0.15) is 25.5 Å². The Hall–Kier alpha value is -2.03. The topological polar surface area (TPSA) is 89.1 Å². The van der Waals surface area contributed by atoms with Crippen molar-refractivity contribution in [3.05, 3.63) is 34.0 Å². The third kappa shape index (κ3) is 4.57. The second-order valence-corrected chi connectivity index (χ2v) is 6.30. The van der Waals surface area contributed by atoms with Crippen LogP contribution in [0.25, 0.3) is 0 Å². The predicted octanol–water partition coefficient (Wildman–Crippen LogP) is 2.43. The number of rotatable bonds is 7. The normalized spacial score (nSPS) is 16.8. The molecule has 2 rings (SSSR count). The van der Waals surface area contributed by atoms with Crippen molar-refractivity contribution in [2.75, 3.05) is 26.9 Å². The van der Waals surface area contributed by atoms with Gasteiger partial charge in [-0.3, -0.25) is 0 Å². The van der Waals surface area contributed by atoms with Crippen molar-refractivity contribution in [1.29, 1.82) is 0 Å². The van der Waals surface area contributed by atoms with Crippen LogP contribution in [0.5, 0.6) is 11.5 Å². The van der Waals surface area contributed by atoms with Crippen molar-refractivity contribution < 1.29 is 24.1 Å². The summed E-state index contributed by atoms with van der Waals surface area (Å²) >= 11 is 11.3. The van der Waals surface area contributed by atoms with E-state index in [4.69, 9.17) is 38.0 Å². The summed E-state index contributed by atoms with van der Waals surface area (Å²) in [5.41, 5.74) is 1.54. The molecule has 142 valence electrons. The SMILES string of the molecule is CCOc1cc([C@@H]2NC(=S)NC(C)=C2C(=O)OCCOC)cc(Cl)c1O. The third-order valence-corrected chi connectivity index (χ3v) is 4.20. The molecule has 0 radical (unpaired) electrons. The molecule has 0 amide bonds. The van der Waals surface area contributed by atoms with E-state index >= 15 is 0 Å². The fourth-order valence-electron chi connectivity index (χ4n) is 2.54. The highest BCUT2D eigenvalue weighted by Crippen LogP contribution is 2.39. The summed E-state index contributed by atoms with van der Waals surface area (Å²) in [6, 6.07) is 2.57. The molecule has 0 bridgehead atoms. The van der Waals surface area contributed by atoms with Gasteiger partial charge in [-0.15, -0.1) is 0 Å². The van der Waals surface area contributed by atoms with Gasteiger partial charge in [-0.2, -0.15) is 0 Å². The van der Waals surface area contributed by atoms with Crippen LogP contribution in [0.3, 0.4) is 0 Å². The van der Waals surface area contributed by atoms with Crippen LogP contribution >= 0.6 is 23.8 Å². The summed E-state index contributed by atoms with van der Waals surface area (Å²) in [5, 5.41) is 16.5. The molecule has 0 spiro atoms. The number of nitrogens with one attached hydrogen (secondary N) is 2. The fourth-order valence-corrected chi connectivity index (χ4v) is 3.03. The predicted molar refractivity (Wildman–Crippen MR) is 101 cm³/mol. The monoisotopic (exact) mass is 400 g/mol. The highest BCUT2D eigenvalue weighted by atomic mass is 35.5.